The van der Waals surface area contributed by atoms with Crippen molar-refractivity contribution < 1.29 is 4.74 Å². The molecule has 2 aromatic rings. The Morgan fingerprint density at radius 3 is 2.85 bits per heavy atom. The van der Waals surface area contributed by atoms with Crippen LogP contribution in [0.25, 0.3) is 5.95 Å². The van der Waals surface area contributed by atoms with E-state index in [1.165, 1.54) is 0 Å². The maximum absolute atomic E-state index is 5.44. The summed E-state index contributed by atoms with van der Waals surface area (Å²) in [5.41, 5.74) is 2.47. The first-order valence-electron chi connectivity index (χ1n) is 6.40. The number of ether oxygens (including phenoxy) is 1. The second-order valence-electron chi connectivity index (χ2n) is 4.33. The highest BCUT2D eigenvalue weighted by Crippen LogP contribution is 2.14. The van der Waals surface area contributed by atoms with Gasteiger partial charge in [-0.05, 0) is 6.42 Å². The molecule has 1 fully saturated rings. The van der Waals surface area contributed by atoms with Crippen LogP contribution in [-0.4, -0.2) is 50.8 Å². The molecule has 3 rings (SSSR count). The van der Waals surface area contributed by atoms with Gasteiger partial charge in [-0.15, -0.1) is 0 Å². The number of hydrazine groups is 1. The van der Waals surface area contributed by atoms with E-state index in [1.807, 2.05) is 0 Å². The van der Waals surface area contributed by atoms with Crippen LogP contribution in [0, 0.1) is 0 Å². The minimum atomic E-state index is 0.323. The van der Waals surface area contributed by atoms with Crippen LogP contribution in [0.2, 0.25) is 0 Å². The van der Waals surface area contributed by atoms with Gasteiger partial charge in [0.1, 0.15) is 6.33 Å². The zero-order valence-corrected chi connectivity index (χ0v) is 10.9. The van der Waals surface area contributed by atoms with Crippen molar-refractivity contribution in [3.8, 4) is 5.95 Å². The highest BCUT2D eigenvalue weighted by molar-refractivity contribution is 5.39. The maximum Gasteiger partial charge on any atom is 0.243 e. The molecule has 0 aliphatic carbocycles. The third-order valence-electron chi connectivity index (χ3n) is 2.98. The van der Waals surface area contributed by atoms with Gasteiger partial charge in [-0.1, -0.05) is 0 Å². The van der Waals surface area contributed by atoms with Gasteiger partial charge in [-0.3, -0.25) is 9.99 Å². The van der Waals surface area contributed by atoms with Crippen LogP contribution in [-0.2, 0) is 4.74 Å². The van der Waals surface area contributed by atoms with E-state index in [-0.39, 0.29) is 0 Å². The number of nitrogens with one attached hydrogen (secondary N) is 1. The third kappa shape index (κ3) is 2.68. The molecule has 0 saturated carbocycles. The Bertz CT molecular complexity index is 550. The van der Waals surface area contributed by atoms with Crippen molar-refractivity contribution in [3.05, 3.63) is 18.7 Å². The molecule has 0 atom stereocenters. The zero-order chi connectivity index (χ0) is 13.8. The van der Waals surface area contributed by atoms with Gasteiger partial charge in [0.15, 0.2) is 0 Å². The van der Waals surface area contributed by atoms with Crippen molar-refractivity contribution in [2.45, 2.75) is 6.42 Å². The quantitative estimate of drug-likeness (QED) is 0.574. The molecule has 1 aliphatic heterocycles. The fraction of sp³-hybridized carbons (Fsp3) is 0.455. The van der Waals surface area contributed by atoms with Crippen LogP contribution in [0.15, 0.2) is 18.7 Å². The van der Waals surface area contributed by atoms with E-state index >= 15 is 0 Å². The number of hydrogen-bond donors (Lipinski definition) is 2. The first-order chi connectivity index (χ1) is 9.86. The van der Waals surface area contributed by atoms with Gasteiger partial charge in [0.05, 0.1) is 6.61 Å². The molecule has 106 valence electrons. The minimum absolute atomic E-state index is 0.323. The van der Waals surface area contributed by atoms with Gasteiger partial charge in [0, 0.05) is 32.1 Å². The van der Waals surface area contributed by atoms with Crippen LogP contribution in [0.3, 0.4) is 0 Å². The van der Waals surface area contributed by atoms with Crippen molar-refractivity contribution in [3.63, 3.8) is 0 Å². The standard InChI is InChI=1S/C11H16N8O/c12-17-9-14-10(18-3-1-6-20-7-5-18)16-11(15-9)19-4-2-13-8-19/h2,4,8H,1,3,5-7,12H2,(H,14,15,16,17). The summed E-state index contributed by atoms with van der Waals surface area (Å²) in [6, 6.07) is 0. The Balaban J connectivity index is 1.95. The molecular weight excluding hydrogens is 260 g/mol. The predicted octanol–water partition coefficient (Wildman–Crippen LogP) is -0.430. The lowest BCUT2D eigenvalue weighted by Crippen LogP contribution is -2.29. The number of nitrogens with zero attached hydrogens (tertiary/aromatic N) is 6. The van der Waals surface area contributed by atoms with Gasteiger partial charge in [0.2, 0.25) is 17.8 Å². The maximum atomic E-state index is 5.44. The van der Waals surface area contributed by atoms with Crippen molar-refractivity contribution >= 4 is 11.9 Å². The van der Waals surface area contributed by atoms with Gasteiger partial charge < -0.3 is 9.64 Å². The summed E-state index contributed by atoms with van der Waals surface area (Å²) >= 11 is 0. The number of anilines is 2. The normalized spacial score (nSPS) is 15.9. The Kier molecular flexibility index (Phi) is 3.70. The monoisotopic (exact) mass is 276 g/mol. The largest absolute Gasteiger partial charge is 0.380 e. The summed E-state index contributed by atoms with van der Waals surface area (Å²) < 4.78 is 7.15. The fourth-order valence-electron chi connectivity index (χ4n) is 2.00. The smallest absolute Gasteiger partial charge is 0.243 e. The van der Waals surface area contributed by atoms with Crippen LogP contribution in [0.1, 0.15) is 6.42 Å². The molecule has 0 amide bonds. The third-order valence-corrected chi connectivity index (χ3v) is 2.98. The van der Waals surface area contributed by atoms with Gasteiger partial charge in [-0.25, -0.2) is 10.8 Å². The van der Waals surface area contributed by atoms with Gasteiger partial charge in [-0.2, -0.15) is 15.0 Å². The molecule has 3 heterocycles. The molecular formula is C11H16N8O. The molecule has 9 heteroatoms. The number of nitrogen functional groups attached to an aromatic ring is 1. The topological polar surface area (TPSA) is 107 Å². The molecule has 9 nitrogen and oxygen atoms in total. The zero-order valence-electron chi connectivity index (χ0n) is 10.9. The van der Waals surface area contributed by atoms with Crippen LogP contribution in [0.4, 0.5) is 11.9 Å². The lowest BCUT2D eigenvalue weighted by atomic mass is 10.4. The van der Waals surface area contributed by atoms with Crippen molar-refractivity contribution in [1.29, 1.82) is 0 Å². The van der Waals surface area contributed by atoms with E-state index in [9.17, 15) is 0 Å². The van der Waals surface area contributed by atoms with Crippen molar-refractivity contribution in [1.82, 2.24) is 24.5 Å². The molecule has 1 saturated heterocycles. The Hall–Kier alpha value is -2.26. The molecule has 1 aliphatic rings. The van der Waals surface area contributed by atoms with E-state index in [0.29, 0.717) is 24.5 Å². The minimum Gasteiger partial charge on any atom is -0.380 e. The second-order valence-corrected chi connectivity index (χ2v) is 4.33. The van der Waals surface area contributed by atoms with E-state index in [4.69, 9.17) is 10.6 Å². The van der Waals surface area contributed by atoms with Gasteiger partial charge in [0.25, 0.3) is 0 Å². The van der Waals surface area contributed by atoms with E-state index < -0.39 is 0 Å². The summed E-state index contributed by atoms with van der Waals surface area (Å²) in [7, 11) is 0. The molecule has 0 bridgehead atoms. The Labute approximate surface area is 115 Å². The number of hydrogen-bond acceptors (Lipinski definition) is 8. The van der Waals surface area contributed by atoms with Crippen molar-refractivity contribution in [2.24, 2.45) is 5.84 Å². The number of aromatic nitrogens is 5. The molecule has 0 unspecified atom stereocenters. The summed E-state index contributed by atoms with van der Waals surface area (Å²) in [5, 5.41) is 0. The van der Waals surface area contributed by atoms with E-state index in [2.05, 4.69) is 30.3 Å². The SMILES string of the molecule is NNc1nc(N2CCCOCC2)nc(-n2ccnc2)n1. The highest BCUT2D eigenvalue weighted by atomic mass is 16.5. The molecule has 3 N–H and O–H groups in total. The lowest BCUT2D eigenvalue weighted by Gasteiger charge is -2.20. The summed E-state index contributed by atoms with van der Waals surface area (Å²) in [5.74, 6) is 6.82. The predicted molar refractivity (Wildman–Crippen MR) is 72.4 cm³/mol. The Morgan fingerprint density at radius 1 is 1.15 bits per heavy atom. The first kappa shape index (κ1) is 12.8. The fourth-order valence-corrected chi connectivity index (χ4v) is 2.00. The molecule has 0 aromatic carbocycles. The van der Waals surface area contributed by atoms with Crippen LogP contribution >= 0.6 is 0 Å². The average Bonchev–Trinajstić information content (AvgIpc) is 2.89. The van der Waals surface area contributed by atoms with Crippen LogP contribution < -0.4 is 16.2 Å². The van der Waals surface area contributed by atoms with E-state index in [0.717, 1.165) is 26.1 Å². The first-order valence-corrected chi connectivity index (χ1v) is 6.40. The number of nitrogens with two attached hydrogens (primary N) is 1. The molecule has 0 spiro atoms. The van der Waals surface area contributed by atoms with Gasteiger partial charge >= 0.3 is 0 Å². The Morgan fingerprint density at radius 2 is 2.05 bits per heavy atom. The van der Waals surface area contributed by atoms with E-state index in [1.54, 1.807) is 23.3 Å². The number of imidazole rings is 1. The molecule has 2 aromatic heterocycles. The number of rotatable bonds is 3. The lowest BCUT2D eigenvalue weighted by molar-refractivity contribution is 0.152. The second kappa shape index (κ2) is 5.80. The summed E-state index contributed by atoms with van der Waals surface area (Å²) in [6.07, 6.45) is 6.01. The molecule has 0 radical (unpaired) electrons. The van der Waals surface area contributed by atoms with Crippen molar-refractivity contribution in [2.75, 3.05) is 36.6 Å². The summed E-state index contributed by atoms with van der Waals surface area (Å²) in [4.78, 5) is 19.0. The molecule has 20 heavy (non-hydrogen) atoms. The highest BCUT2D eigenvalue weighted by Gasteiger charge is 2.16. The summed E-state index contributed by atoms with van der Waals surface area (Å²) in [6.45, 7) is 3.02. The average molecular weight is 276 g/mol. The van der Waals surface area contributed by atoms with Crippen LogP contribution in [0.5, 0.6) is 0 Å².